The summed E-state index contributed by atoms with van der Waals surface area (Å²) in [4.78, 5) is 0. The molecule has 0 N–H and O–H groups in total. The van der Waals surface area contributed by atoms with Crippen molar-refractivity contribution in [1.29, 1.82) is 5.26 Å². The Bertz CT molecular complexity index is 376. The number of benzene rings is 1. The molecule has 1 rings (SSSR count). The van der Waals surface area contributed by atoms with Crippen molar-refractivity contribution in [3.8, 4) is 6.07 Å². The highest BCUT2D eigenvalue weighted by Crippen LogP contribution is 2.31. The normalized spacial score (nSPS) is 13.3. The summed E-state index contributed by atoms with van der Waals surface area (Å²) in [7, 11) is 0. The molecule has 1 aromatic carbocycles. The van der Waals surface area contributed by atoms with E-state index in [1.54, 1.807) is 13.0 Å². The first kappa shape index (κ1) is 11.6. The maximum absolute atomic E-state index is 12.4. The molecule has 1 atom stereocenters. The van der Waals surface area contributed by atoms with Gasteiger partial charge in [0.1, 0.15) is 0 Å². The van der Waals surface area contributed by atoms with Crippen LogP contribution in [0, 0.1) is 11.3 Å². The lowest BCUT2D eigenvalue weighted by molar-refractivity contribution is -0.137. The number of hydrogen-bond donors (Lipinski definition) is 0. The minimum absolute atomic E-state index is 0.426. The van der Waals surface area contributed by atoms with Crippen LogP contribution in [0.3, 0.4) is 0 Å². The van der Waals surface area contributed by atoms with Crippen LogP contribution in [0.2, 0.25) is 0 Å². The van der Waals surface area contributed by atoms with E-state index in [4.69, 9.17) is 5.26 Å². The van der Waals surface area contributed by atoms with Crippen LogP contribution in [0.4, 0.5) is 13.2 Å². The standard InChI is InChI=1S/C11H10F3N/c1-2-8(7-15)9-4-3-5-10(6-9)11(12,13)14/h3-6,8H,2H2,1H3. The topological polar surface area (TPSA) is 23.8 Å². The van der Waals surface area contributed by atoms with Gasteiger partial charge in [-0.3, -0.25) is 0 Å². The van der Waals surface area contributed by atoms with Crippen molar-refractivity contribution in [3.05, 3.63) is 35.4 Å². The zero-order valence-electron chi connectivity index (χ0n) is 8.17. The molecule has 0 aliphatic rings. The highest BCUT2D eigenvalue weighted by molar-refractivity contribution is 5.31. The summed E-state index contributed by atoms with van der Waals surface area (Å²) >= 11 is 0. The lowest BCUT2D eigenvalue weighted by Gasteiger charge is -2.10. The van der Waals surface area contributed by atoms with E-state index in [0.717, 1.165) is 12.1 Å². The van der Waals surface area contributed by atoms with Gasteiger partial charge < -0.3 is 0 Å². The molecule has 0 aromatic heterocycles. The molecule has 0 fully saturated rings. The highest BCUT2D eigenvalue weighted by Gasteiger charge is 2.30. The van der Waals surface area contributed by atoms with E-state index >= 15 is 0 Å². The van der Waals surface area contributed by atoms with Crippen LogP contribution < -0.4 is 0 Å². The molecular formula is C11H10F3N. The van der Waals surface area contributed by atoms with Crippen molar-refractivity contribution in [1.82, 2.24) is 0 Å². The number of alkyl halides is 3. The minimum Gasteiger partial charge on any atom is -0.198 e. The molecule has 0 aliphatic heterocycles. The summed E-state index contributed by atoms with van der Waals surface area (Å²) < 4.78 is 37.1. The van der Waals surface area contributed by atoms with E-state index in [1.165, 1.54) is 6.07 Å². The molecule has 0 saturated heterocycles. The first-order chi connectivity index (χ1) is 6.99. The Morgan fingerprint density at radius 3 is 2.53 bits per heavy atom. The fourth-order valence-electron chi connectivity index (χ4n) is 1.33. The Kier molecular flexibility index (Phi) is 3.35. The molecule has 0 radical (unpaired) electrons. The number of halogens is 3. The number of nitrogens with zero attached hydrogens (tertiary/aromatic N) is 1. The fraction of sp³-hybridized carbons (Fsp3) is 0.364. The molecule has 0 amide bonds. The largest absolute Gasteiger partial charge is 0.416 e. The summed E-state index contributed by atoms with van der Waals surface area (Å²) in [5.74, 6) is -0.465. The Balaban J connectivity index is 3.09. The SMILES string of the molecule is CCC(C#N)c1cccc(C(F)(F)F)c1. The third-order valence-electron chi connectivity index (χ3n) is 2.18. The summed E-state index contributed by atoms with van der Waals surface area (Å²) in [6, 6.07) is 6.91. The third-order valence-corrected chi connectivity index (χ3v) is 2.18. The van der Waals surface area contributed by atoms with E-state index in [1.807, 2.05) is 6.07 Å². The van der Waals surface area contributed by atoms with Crippen molar-refractivity contribution in [2.75, 3.05) is 0 Å². The van der Waals surface area contributed by atoms with E-state index in [2.05, 4.69) is 0 Å². The number of hydrogen-bond acceptors (Lipinski definition) is 1. The second-order valence-electron chi connectivity index (χ2n) is 3.21. The fourth-order valence-corrected chi connectivity index (χ4v) is 1.33. The average Bonchev–Trinajstić information content (AvgIpc) is 2.19. The van der Waals surface area contributed by atoms with Crippen LogP contribution in [-0.2, 0) is 6.18 Å². The van der Waals surface area contributed by atoms with Gasteiger partial charge in [-0.05, 0) is 18.1 Å². The van der Waals surface area contributed by atoms with Gasteiger partial charge >= 0.3 is 6.18 Å². The lowest BCUT2D eigenvalue weighted by atomic mass is 9.96. The molecule has 15 heavy (non-hydrogen) atoms. The van der Waals surface area contributed by atoms with Crippen LogP contribution >= 0.6 is 0 Å². The zero-order chi connectivity index (χ0) is 11.5. The van der Waals surface area contributed by atoms with Gasteiger partial charge in [-0.25, -0.2) is 0 Å². The van der Waals surface area contributed by atoms with Gasteiger partial charge in [-0.15, -0.1) is 0 Å². The molecular weight excluding hydrogens is 203 g/mol. The molecule has 1 nitrogen and oxygen atoms in total. The summed E-state index contributed by atoms with van der Waals surface area (Å²) in [6.45, 7) is 1.77. The molecule has 0 saturated carbocycles. The first-order valence-electron chi connectivity index (χ1n) is 4.55. The van der Waals surface area contributed by atoms with Crippen LogP contribution in [0.15, 0.2) is 24.3 Å². The first-order valence-corrected chi connectivity index (χ1v) is 4.55. The van der Waals surface area contributed by atoms with Crippen LogP contribution in [-0.4, -0.2) is 0 Å². The van der Waals surface area contributed by atoms with E-state index in [-0.39, 0.29) is 0 Å². The molecule has 0 aliphatic carbocycles. The van der Waals surface area contributed by atoms with Gasteiger partial charge in [0, 0.05) is 0 Å². The van der Waals surface area contributed by atoms with Gasteiger partial charge in [-0.1, -0.05) is 25.1 Å². The molecule has 1 aromatic rings. The lowest BCUT2D eigenvalue weighted by Crippen LogP contribution is -2.06. The molecule has 80 valence electrons. The van der Waals surface area contributed by atoms with Gasteiger partial charge in [0.05, 0.1) is 17.6 Å². The number of nitriles is 1. The summed E-state index contributed by atoms with van der Waals surface area (Å²) in [5, 5.41) is 8.74. The Labute approximate surface area is 86.1 Å². The van der Waals surface area contributed by atoms with Crippen molar-refractivity contribution in [2.45, 2.75) is 25.4 Å². The van der Waals surface area contributed by atoms with Crippen molar-refractivity contribution < 1.29 is 13.2 Å². The van der Waals surface area contributed by atoms with Crippen molar-refractivity contribution in [2.24, 2.45) is 0 Å². The molecule has 0 bridgehead atoms. The van der Waals surface area contributed by atoms with Gasteiger partial charge in [-0.2, -0.15) is 18.4 Å². The Morgan fingerprint density at radius 2 is 2.07 bits per heavy atom. The van der Waals surface area contributed by atoms with Crippen LogP contribution in [0.1, 0.15) is 30.4 Å². The van der Waals surface area contributed by atoms with E-state index in [0.29, 0.717) is 12.0 Å². The summed E-state index contributed by atoms with van der Waals surface area (Å²) in [5.41, 5.74) is -0.275. The maximum atomic E-state index is 12.4. The zero-order valence-corrected chi connectivity index (χ0v) is 8.17. The van der Waals surface area contributed by atoms with Gasteiger partial charge in [0.2, 0.25) is 0 Å². The van der Waals surface area contributed by atoms with Gasteiger partial charge in [0.15, 0.2) is 0 Å². The van der Waals surface area contributed by atoms with Crippen molar-refractivity contribution in [3.63, 3.8) is 0 Å². The Hall–Kier alpha value is -1.50. The smallest absolute Gasteiger partial charge is 0.198 e. The average molecular weight is 213 g/mol. The quantitative estimate of drug-likeness (QED) is 0.734. The second-order valence-corrected chi connectivity index (χ2v) is 3.21. The summed E-state index contributed by atoms with van der Waals surface area (Å²) in [6.07, 6.45) is -3.83. The molecule has 0 spiro atoms. The van der Waals surface area contributed by atoms with Crippen molar-refractivity contribution >= 4 is 0 Å². The Morgan fingerprint density at radius 1 is 1.40 bits per heavy atom. The second kappa shape index (κ2) is 4.35. The molecule has 0 heterocycles. The molecule has 1 unspecified atom stereocenters. The highest BCUT2D eigenvalue weighted by atomic mass is 19.4. The predicted molar refractivity (Wildman–Crippen MR) is 50.1 cm³/mol. The van der Waals surface area contributed by atoms with E-state index < -0.39 is 17.7 Å². The maximum Gasteiger partial charge on any atom is 0.416 e. The molecule has 4 heteroatoms. The van der Waals surface area contributed by atoms with Gasteiger partial charge in [0.25, 0.3) is 0 Å². The predicted octanol–water partition coefficient (Wildman–Crippen LogP) is 3.72. The third kappa shape index (κ3) is 2.72. The minimum atomic E-state index is -4.34. The van der Waals surface area contributed by atoms with Crippen LogP contribution in [0.25, 0.3) is 0 Å². The monoisotopic (exact) mass is 213 g/mol. The van der Waals surface area contributed by atoms with Crippen LogP contribution in [0.5, 0.6) is 0 Å². The number of rotatable bonds is 2. The van der Waals surface area contributed by atoms with E-state index in [9.17, 15) is 13.2 Å².